The van der Waals surface area contributed by atoms with Crippen molar-refractivity contribution in [3.05, 3.63) is 63.5 Å². The Balaban J connectivity index is 1.52. The van der Waals surface area contributed by atoms with Gasteiger partial charge in [0.1, 0.15) is 5.75 Å². The molecule has 0 unspecified atom stereocenters. The third-order valence-electron chi connectivity index (χ3n) is 4.24. The van der Waals surface area contributed by atoms with Gasteiger partial charge in [-0.25, -0.2) is 0 Å². The normalized spacial score (nSPS) is 11.0. The second kappa shape index (κ2) is 10.1. The number of ether oxygens (including phenoxy) is 1. The van der Waals surface area contributed by atoms with Crippen LogP contribution in [0, 0.1) is 13.8 Å². The lowest BCUT2D eigenvalue weighted by atomic mass is 10.0. The number of anilines is 1. The smallest absolute Gasteiger partial charge is 0.277 e. The number of amides is 1. The van der Waals surface area contributed by atoms with Crippen LogP contribution in [0.25, 0.3) is 0 Å². The van der Waals surface area contributed by atoms with Gasteiger partial charge in [0, 0.05) is 10.2 Å². The molecule has 0 radical (unpaired) electrons. The fourth-order valence-corrected chi connectivity index (χ4v) is 3.91. The van der Waals surface area contributed by atoms with Crippen LogP contribution in [-0.4, -0.2) is 21.9 Å². The second-order valence-corrected chi connectivity index (χ2v) is 9.14. The Labute approximate surface area is 188 Å². The molecule has 1 N–H and O–H groups in total. The Morgan fingerprint density at radius 3 is 2.60 bits per heavy atom. The van der Waals surface area contributed by atoms with Crippen molar-refractivity contribution in [2.45, 2.75) is 45.4 Å². The van der Waals surface area contributed by atoms with Crippen molar-refractivity contribution in [3.63, 3.8) is 0 Å². The molecule has 8 heteroatoms. The molecule has 3 aromatic rings. The summed E-state index contributed by atoms with van der Waals surface area (Å²) < 4.78 is 12.3. The summed E-state index contributed by atoms with van der Waals surface area (Å²) in [4.78, 5) is 12.4. The molecule has 1 amide bonds. The van der Waals surface area contributed by atoms with Crippen LogP contribution in [0.2, 0.25) is 0 Å². The minimum Gasteiger partial charge on any atom is -0.484 e. The van der Waals surface area contributed by atoms with Crippen LogP contribution >= 0.6 is 27.7 Å². The van der Waals surface area contributed by atoms with Gasteiger partial charge in [-0.3, -0.25) is 4.79 Å². The zero-order valence-electron chi connectivity index (χ0n) is 17.4. The maximum Gasteiger partial charge on any atom is 0.277 e. The summed E-state index contributed by atoms with van der Waals surface area (Å²) in [6, 6.07) is 11.8. The molecular formula is C22H24BrN3O3S. The molecule has 0 saturated heterocycles. The SMILES string of the molecule is Cc1cc(C)cc(OCc2nnc(SCC(=O)Nc3ccc(Br)cc3C(C)C)o2)c1. The molecule has 0 aliphatic heterocycles. The van der Waals surface area contributed by atoms with Crippen molar-refractivity contribution in [2.75, 3.05) is 11.1 Å². The second-order valence-electron chi connectivity index (χ2n) is 7.30. The van der Waals surface area contributed by atoms with E-state index in [4.69, 9.17) is 9.15 Å². The summed E-state index contributed by atoms with van der Waals surface area (Å²) in [5, 5.41) is 11.3. The van der Waals surface area contributed by atoms with E-state index in [2.05, 4.69) is 51.4 Å². The number of carbonyl (C=O) groups excluding carboxylic acids is 1. The van der Waals surface area contributed by atoms with Gasteiger partial charge in [0.15, 0.2) is 6.61 Å². The van der Waals surface area contributed by atoms with Crippen molar-refractivity contribution < 1.29 is 13.9 Å². The highest BCUT2D eigenvalue weighted by Gasteiger charge is 2.13. The number of halogens is 1. The molecule has 1 heterocycles. The number of hydrogen-bond acceptors (Lipinski definition) is 6. The van der Waals surface area contributed by atoms with Crippen molar-refractivity contribution in [1.82, 2.24) is 10.2 Å². The number of hydrogen-bond donors (Lipinski definition) is 1. The van der Waals surface area contributed by atoms with Crippen molar-refractivity contribution in [3.8, 4) is 5.75 Å². The van der Waals surface area contributed by atoms with Crippen LogP contribution < -0.4 is 10.1 Å². The van der Waals surface area contributed by atoms with Gasteiger partial charge in [0.05, 0.1) is 5.75 Å². The zero-order chi connectivity index (χ0) is 21.7. The summed E-state index contributed by atoms with van der Waals surface area (Å²) in [5.74, 6) is 1.46. The Morgan fingerprint density at radius 2 is 1.90 bits per heavy atom. The highest BCUT2D eigenvalue weighted by molar-refractivity contribution is 9.10. The standard InChI is InChI=1S/C22H24BrN3O3S/c1-13(2)18-10-16(23)5-6-19(18)24-20(27)12-30-22-26-25-21(29-22)11-28-17-8-14(3)7-15(4)9-17/h5-10,13H,11-12H2,1-4H3,(H,24,27). The lowest BCUT2D eigenvalue weighted by Gasteiger charge is -2.14. The molecule has 0 fully saturated rings. The van der Waals surface area contributed by atoms with E-state index in [1.807, 2.05) is 44.2 Å². The van der Waals surface area contributed by atoms with Crippen molar-refractivity contribution in [1.29, 1.82) is 0 Å². The molecule has 3 rings (SSSR count). The van der Waals surface area contributed by atoms with Gasteiger partial charge in [0.25, 0.3) is 11.1 Å². The molecule has 158 valence electrons. The van der Waals surface area contributed by atoms with Crippen LogP contribution in [0.4, 0.5) is 5.69 Å². The average Bonchev–Trinajstić information content (AvgIpc) is 3.13. The molecule has 6 nitrogen and oxygen atoms in total. The zero-order valence-corrected chi connectivity index (χ0v) is 19.8. The van der Waals surface area contributed by atoms with E-state index >= 15 is 0 Å². The first-order valence-corrected chi connectivity index (χ1v) is 11.3. The number of aromatic nitrogens is 2. The number of nitrogens with zero attached hydrogens (tertiary/aromatic N) is 2. The third-order valence-corrected chi connectivity index (χ3v) is 5.55. The molecular weight excluding hydrogens is 466 g/mol. The van der Waals surface area contributed by atoms with Gasteiger partial charge in [0.2, 0.25) is 5.91 Å². The largest absolute Gasteiger partial charge is 0.484 e. The summed E-state index contributed by atoms with van der Waals surface area (Å²) in [5.41, 5.74) is 4.14. The quantitative estimate of drug-likeness (QED) is 0.398. The molecule has 0 saturated carbocycles. The van der Waals surface area contributed by atoms with Crippen LogP contribution in [-0.2, 0) is 11.4 Å². The third kappa shape index (κ3) is 6.34. The Morgan fingerprint density at radius 1 is 1.17 bits per heavy atom. The predicted octanol–water partition coefficient (Wildman–Crippen LogP) is 5.88. The van der Waals surface area contributed by atoms with E-state index in [-0.39, 0.29) is 18.3 Å². The van der Waals surface area contributed by atoms with Crippen LogP contribution in [0.1, 0.15) is 42.3 Å². The van der Waals surface area contributed by atoms with Gasteiger partial charge in [-0.2, -0.15) is 0 Å². The number of carbonyl (C=O) groups is 1. The molecule has 0 spiro atoms. The Bertz CT molecular complexity index is 1020. The van der Waals surface area contributed by atoms with Crippen LogP contribution in [0.15, 0.2) is 50.5 Å². The molecule has 0 aliphatic carbocycles. The number of thioether (sulfide) groups is 1. The average molecular weight is 490 g/mol. The number of nitrogens with one attached hydrogen (secondary N) is 1. The lowest BCUT2D eigenvalue weighted by molar-refractivity contribution is -0.113. The fourth-order valence-electron chi connectivity index (χ4n) is 2.95. The van der Waals surface area contributed by atoms with Gasteiger partial charge in [-0.15, -0.1) is 10.2 Å². The first-order valence-electron chi connectivity index (χ1n) is 9.55. The summed E-state index contributed by atoms with van der Waals surface area (Å²) in [7, 11) is 0. The van der Waals surface area contributed by atoms with E-state index in [0.717, 1.165) is 32.6 Å². The predicted molar refractivity (Wildman–Crippen MR) is 122 cm³/mol. The van der Waals surface area contributed by atoms with E-state index in [1.165, 1.54) is 11.8 Å². The van der Waals surface area contributed by atoms with E-state index in [9.17, 15) is 4.79 Å². The van der Waals surface area contributed by atoms with Gasteiger partial charge in [-0.05, 0) is 66.8 Å². The molecule has 0 bridgehead atoms. The molecule has 1 aromatic heterocycles. The highest BCUT2D eigenvalue weighted by atomic mass is 79.9. The van der Waals surface area contributed by atoms with Crippen LogP contribution in [0.5, 0.6) is 5.75 Å². The highest BCUT2D eigenvalue weighted by Crippen LogP contribution is 2.28. The minimum absolute atomic E-state index is 0.129. The minimum atomic E-state index is -0.129. The summed E-state index contributed by atoms with van der Waals surface area (Å²) >= 11 is 4.67. The fraction of sp³-hybridized carbons (Fsp3) is 0.318. The maximum atomic E-state index is 12.4. The first kappa shape index (κ1) is 22.4. The molecule has 2 aromatic carbocycles. The van der Waals surface area contributed by atoms with E-state index in [1.54, 1.807) is 0 Å². The molecule has 30 heavy (non-hydrogen) atoms. The first-order chi connectivity index (χ1) is 14.3. The van der Waals surface area contributed by atoms with Gasteiger partial charge < -0.3 is 14.5 Å². The lowest BCUT2D eigenvalue weighted by Crippen LogP contribution is -2.15. The van der Waals surface area contributed by atoms with E-state index in [0.29, 0.717) is 17.0 Å². The monoisotopic (exact) mass is 489 g/mol. The topological polar surface area (TPSA) is 77.2 Å². The number of aryl methyl sites for hydroxylation is 2. The summed E-state index contributed by atoms with van der Waals surface area (Å²) in [6.45, 7) is 8.40. The van der Waals surface area contributed by atoms with E-state index < -0.39 is 0 Å². The number of benzene rings is 2. The molecule has 0 aliphatic rings. The summed E-state index contributed by atoms with van der Waals surface area (Å²) in [6.07, 6.45) is 0. The molecule has 0 atom stereocenters. The Hall–Kier alpha value is -2.32. The van der Waals surface area contributed by atoms with Crippen molar-refractivity contribution >= 4 is 39.3 Å². The van der Waals surface area contributed by atoms with Gasteiger partial charge in [-0.1, -0.05) is 47.6 Å². The maximum absolute atomic E-state index is 12.4. The number of rotatable bonds is 8. The van der Waals surface area contributed by atoms with Crippen molar-refractivity contribution in [2.24, 2.45) is 0 Å². The Kier molecular flexibility index (Phi) is 7.55. The van der Waals surface area contributed by atoms with Gasteiger partial charge >= 0.3 is 0 Å². The van der Waals surface area contributed by atoms with Crippen LogP contribution in [0.3, 0.4) is 0 Å².